The van der Waals surface area contributed by atoms with Crippen molar-refractivity contribution in [1.82, 2.24) is 10.2 Å². The van der Waals surface area contributed by atoms with Gasteiger partial charge in [-0.1, -0.05) is 173 Å². The molecular formula is C60H80BrF6N3O2. The number of carbonyl (C=O) groups excluding carboxylic acids is 2. The maximum Gasteiger partial charge on any atom is 0.263 e. The van der Waals surface area contributed by atoms with Crippen LogP contribution in [0.2, 0.25) is 0 Å². The molecule has 12 heteroatoms. The highest BCUT2D eigenvalue weighted by Gasteiger charge is 2.21. The molecule has 0 bridgehead atoms. The molecule has 0 aliphatic heterocycles. The first-order valence-electron chi connectivity index (χ1n) is 24.2. The summed E-state index contributed by atoms with van der Waals surface area (Å²) >= 11 is 3.24. The van der Waals surface area contributed by atoms with E-state index >= 15 is 0 Å². The molecule has 0 heterocycles. The lowest BCUT2D eigenvalue weighted by atomic mass is 9.99. The zero-order valence-electron chi connectivity index (χ0n) is 44.2. The highest BCUT2D eigenvalue weighted by atomic mass is 79.9. The van der Waals surface area contributed by atoms with E-state index in [1.165, 1.54) is 30.3 Å². The summed E-state index contributed by atoms with van der Waals surface area (Å²) in [5, 5.41) is 3.21. The highest BCUT2D eigenvalue weighted by Crippen LogP contribution is 2.29. The second kappa shape index (κ2) is 42.1. The molecule has 2 atom stereocenters. The zero-order chi connectivity index (χ0) is 55.0. The molecule has 0 aromatic heterocycles. The topological polar surface area (TPSA) is 75.4 Å². The van der Waals surface area contributed by atoms with Crippen LogP contribution >= 0.6 is 15.9 Å². The van der Waals surface area contributed by atoms with Crippen molar-refractivity contribution in [1.29, 1.82) is 0 Å². The maximum absolute atomic E-state index is 12.7. The molecule has 5 aromatic carbocycles. The summed E-state index contributed by atoms with van der Waals surface area (Å²) in [6.07, 6.45) is 5.46. The SMILES string of the molecule is C/C=C/c1cccc(C(F)F)c1.C/C=C/c1cccc(C=O)c1.C=CC.CCNC(C)C.CC[C@@H](c1cccc(C(F)F)c1)N(CC)C(C)C.CC[C@H](N)c1cccc(C(F)F)c1.O=Cc1cccc(Br)c1. The van der Waals surface area contributed by atoms with Crippen LogP contribution in [-0.2, 0) is 0 Å². The van der Waals surface area contributed by atoms with E-state index in [2.05, 4.69) is 81.2 Å². The number of aldehydes is 2. The third-order valence-corrected chi connectivity index (χ3v) is 10.4. The van der Waals surface area contributed by atoms with Gasteiger partial charge in [-0.05, 0) is 119 Å². The lowest BCUT2D eigenvalue weighted by molar-refractivity contribution is 0.111. The van der Waals surface area contributed by atoms with Crippen molar-refractivity contribution < 1.29 is 35.9 Å². The number of nitrogens with two attached hydrogens (primary N) is 1. The molecule has 0 spiro atoms. The van der Waals surface area contributed by atoms with Gasteiger partial charge < -0.3 is 11.1 Å². The Hall–Kier alpha value is -5.40. The van der Waals surface area contributed by atoms with Crippen LogP contribution in [0.3, 0.4) is 0 Å². The summed E-state index contributed by atoms with van der Waals surface area (Å²) in [5.41, 5.74) is 11.0. The standard InChI is InChI=1S/C15H23F2N.C10H13F2N.C10H10F2.C10H10O.C7H5BrO.C5H13N.C3H6/c1-5-14(18(6-2)11(3)4)12-8-7-9-13(10-12)15(16)17;1-2-9(13)7-4-3-5-8(6-7)10(11)12;1-2-4-8-5-3-6-9(7-8)10(11)12;1-2-4-9-5-3-6-10(7-9)8-11;8-7-3-1-2-6(4-7)5-9;1-4-6-5(2)3;1-3-2/h7-11,14-15H,5-6H2,1-4H3;3-6,9-10H,2,13H2,1H3;2-7,10H,1H3;2-8H,1H3;1-5H;5-6H,4H2,1-3H3;3H,1H2,2H3/b;;2*4-2+;;;/t14-;9-;;;;;/m00...../s1. The summed E-state index contributed by atoms with van der Waals surface area (Å²) in [4.78, 5) is 22.8. The van der Waals surface area contributed by atoms with Crippen molar-refractivity contribution in [2.75, 3.05) is 13.1 Å². The van der Waals surface area contributed by atoms with Crippen LogP contribution < -0.4 is 11.1 Å². The molecule has 0 unspecified atom stereocenters. The largest absolute Gasteiger partial charge is 0.324 e. The molecule has 5 aromatic rings. The van der Waals surface area contributed by atoms with Gasteiger partial charge in [0.05, 0.1) is 0 Å². The number of halogens is 7. The fraction of sp³-hybridized carbons (Fsp3) is 0.367. The number of hydrogen-bond donors (Lipinski definition) is 2. The monoisotopic (exact) mass is 1070 g/mol. The fourth-order valence-corrected chi connectivity index (χ4v) is 6.99. The van der Waals surface area contributed by atoms with E-state index in [0.717, 1.165) is 70.8 Å². The van der Waals surface area contributed by atoms with Crippen molar-refractivity contribution >= 4 is 40.7 Å². The van der Waals surface area contributed by atoms with E-state index in [0.29, 0.717) is 17.6 Å². The summed E-state index contributed by atoms with van der Waals surface area (Å²) in [5.74, 6) is 0. The molecule has 5 rings (SSSR count). The summed E-state index contributed by atoms with van der Waals surface area (Å²) in [6.45, 7) is 27.9. The smallest absolute Gasteiger partial charge is 0.263 e. The van der Waals surface area contributed by atoms with Crippen LogP contribution in [0.1, 0.15) is 180 Å². The number of rotatable bonds is 16. The molecule has 0 fully saturated rings. The van der Waals surface area contributed by atoms with Crippen LogP contribution in [-0.4, -0.2) is 42.6 Å². The van der Waals surface area contributed by atoms with Gasteiger partial charge in [-0.3, -0.25) is 14.5 Å². The number of nitrogens with zero attached hydrogens (tertiary/aromatic N) is 1. The molecule has 72 heavy (non-hydrogen) atoms. The molecule has 0 amide bonds. The van der Waals surface area contributed by atoms with Crippen LogP contribution in [0.15, 0.2) is 151 Å². The third kappa shape index (κ3) is 31.1. The first kappa shape index (κ1) is 68.7. The molecule has 0 aliphatic carbocycles. The van der Waals surface area contributed by atoms with Crippen molar-refractivity contribution in [2.24, 2.45) is 5.73 Å². The Kier molecular flexibility index (Phi) is 40.2. The lowest BCUT2D eigenvalue weighted by Crippen LogP contribution is -2.34. The average molecular weight is 1070 g/mol. The van der Waals surface area contributed by atoms with Gasteiger partial charge in [0.2, 0.25) is 0 Å². The zero-order valence-corrected chi connectivity index (χ0v) is 45.7. The number of nitrogens with one attached hydrogen (secondary N) is 1. The van der Waals surface area contributed by atoms with E-state index in [1.54, 1.807) is 66.7 Å². The second-order valence-corrected chi connectivity index (χ2v) is 17.3. The van der Waals surface area contributed by atoms with E-state index in [1.807, 2.05) is 82.3 Å². The van der Waals surface area contributed by atoms with E-state index in [4.69, 9.17) is 5.73 Å². The lowest BCUT2D eigenvalue weighted by Gasteiger charge is -2.34. The number of hydrogen-bond acceptors (Lipinski definition) is 5. The number of benzene rings is 5. The Morgan fingerprint density at radius 1 is 0.569 bits per heavy atom. The predicted octanol–water partition coefficient (Wildman–Crippen LogP) is 18.5. The van der Waals surface area contributed by atoms with Crippen molar-refractivity contribution in [2.45, 2.75) is 132 Å². The van der Waals surface area contributed by atoms with E-state index < -0.39 is 19.3 Å². The van der Waals surface area contributed by atoms with Crippen LogP contribution in [0, 0.1) is 0 Å². The Morgan fingerprint density at radius 3 is 1.32 bits per heavy atom. The summed E-state index contributed by atoms with van der Waals surface area (Å²) in [7, 11) is 0. The van der Waals surface area contributed by atoms with Gasteiger partial charge in [-0.25, -0.2) is 26.3 Å². The number of allylic oxidation sites excluding steroid dienone is 3. The Balaban J connectivity index is 0. The molecule has 396 valence electrons. The van der Waals surface area contributed by atoms with Crippen molar-refractivity contribution in [3.8, 4) is 0 Å². The Morgan fingerprint density at radius 2 is 0.958 bits per heavy atom. The molecule has 3 N–H and O–H groups in total. The van der Waals surface area contributed by atoms with Crippen molar-refractivity contribution in [3.05, 3.63) is 201 Å². The van der Waals surface area contributed by atoms with Crippen LogP contribution in [0.5, 0.6) is 0 Å². The van der Waals surface area contributed by atoms with Crippen molar-refractivity contribution in [3.63, 3.8) is 0 Å². The first-order valence-corrected chi connectivity index (χ1v) is 25.0. The van der Waals surface area contributed by atoms with E-state index in [-0.39, 0.29) is 28.8 Å². The van der Waals surface area contributed by atoms with Gasteiger partial charge in [-0.2, -0.15) is 0 Å². The molecule has 0 aliphatic rings. The quantitative estimate of drug-likeness (QED) is 0.0585. The Bertz CT molecular complexity index is 2250. The normalized spacial score (nSPS) is 11.4. The molecule has 5 nitrogen and oxygen atoms in total. The molecule has 0 saturated carbocycles. The summed E-state index contributed by atoms with van der Waals surface area (Å²) < 4.78 is 75.3. The highest BCUT2D eigenvalue weighted by molar-refractivity contribution is 9.10. The fourth-order valence-electron chi connectivity index (χ4n) is 6.58. The molecule has 0 saturated heterocycles. The predicted molar refractivity (Wildman–Crippen MR) is 297 cm³/mol. The van der Waals surface area contributed by atoms with Gasteiger partial charge in [0, 0.05) is 56.5 Å². The minimum Gasteiger partial charge on any atom is -0.324 e. The molecular weight excluding hydrogens is 989 g/mol. The average Bonchev–Trinajstić information content (AvgIpc) is 3.36. The third-order valence-electron chi connectivity index (χ3n) is 9.92. The first-order chi connectivity index (χ1) is 34.3. The minimum absolute atomic E-state index is 0.0430. The number of alkyl halides is 6. The van der Waals surface area contributed by atoms with Crippen LogP contribution in [0.4, 0.5) is 26.3 Å². The van der Waals surface area contributed by atoms with Gasteiger partial charge in [-0.15, -0.1) is 6.58 Å². The maximum atomic E-state index is 12.7. The number of carbonyl (C=O) groups is 2. The van der Waals surface area contributed by atoms with Gasteiger partial charge in [0.15, 0.2) is 0 Å². The second-order valence-electron chi connectivity index (χ2n) is 16.4. The Labute approximate surface area is 436 Å². The van der Waals surface area contributed by atoms with Gasteiger partial charge in [0.25, 0.3) is 19.3 Å². The minimum atomic E-state index is -2.41. The summed E-state index contributed by atoms with van der Waals surface area (Å²) in [6, 6.07) is 35.3. The van der Waals surface area contributed by atoms with Crippen LogP contribution in [0.25, 0.3) is 12.2 Å². The van der Waals surface area contributed by atoms with E-state index in [9.17, 15) is 35.9 Å². The molecule has 0 radical (unpaired) electrons. The van der Waals surface area contributed by atoms with Gasteiger partial charge in [0.1, 0.15) is 12.6 Å². The van der Waals surface area contributed by atoms with Gasteiger partial charge >= 0.3 is 0 Å².